The van der Waals surface area contributed by atoms with Crippen LogP contribution in [0.15, 0.2) is 42.5 Å². The van der Waals surface area contributed by atoms with Crippen molar-refractivity contribution in [1.29, 1.82) is 0 Å². The summed E-state index contributed by atoms with van der Waals surface area (Å²) in [5.41, 5.74) is -3.09. The molecule has 0 radical (unpaired) electrons. The van der Waals surface area contributed by atoms with Crippen molar-refractivity contribution in [3.05, 3.63) is 58.6 Å². The molecule has 0 unspecified atom stereocenters. The van der Waals surface area contributed by atoms with Gasteiger partial charge < -0.3 is 10.1 Å². The van der Waals surface area contributed by atoms with Gasteiger partial charge in [0.25, 0.3) is 5.91 Å². The van der Waals surface area contributed by atoms with E-state index in [1.807, 2.05) is 29.6 Å². The quantitative estimate of drug-likeness (QED) is 0.380. The highest BCUT2D eigenvalue weighted by Crippen LogP contribution is 2.37. The molecule has 32 heavy (non-hydrogen) atoms. The molecule has 1 heterocycles. The van der Waals surface area contributed by atoms with Crippen LogP contribution in [0.25, 0.3) is 10.2 Å². The van der Waals surface area contributed by atoms with Gasteiger partial charge in [-0.25, -0.2) is 4.98 Å². The molecule has 0 atom stereocenters. The SMILES string of the molecule is O=C(COC(=O)CCc1nc2ccccc2s1)Nc1cc(C(F)(F)F)cc(C(F)(F)F)c1. The van der Waals surface area contributed by atoms with Gasteiger partial charge in [0.2, 0.25) is 0 Å². The Morgan fingerprint density at radius 2 is 1.59 bits per heavy atom. The Morgan fingerprint density at radius 1 is 0.969 bits per heavy atom. The van der Waals surface area contributed by atoms with Crippen molar-refractivity contribution in [2.75, 3.05) is 11.9 Å². The maximum atomic E-state index is 12.9. The Bertz CT molecular complexity index is 1080. The molecular weight excluding hydrogens is 462 g/mol. The number of halogens is 6. The van der Waals surface area contributed by atoms with E-state index in [9.17, 15) is 35.9 Å². The summed E-state index contributed by atoms with van der Waals surface area (Å²) < 4.78 is 82.9. The summed E-state index contributed by atoms with van der Waals surface area (Å²) in [6.45, 7) is -0.865. The highest BCUT2D eigenvalue weighted by atomic mass is 32.1. The van der Waals surface area contributed by atoms with Crippen LogP contribution in [-0.4, -0.2) is 23.5 Å². The third-order valence-electron chi connectivity index (χ3n) is 4.12. The second-order valence-corrected chi connectivity index (χ2v) is 7.69. The number of ether oxygens (including phenoxy) is 1. The predicted octanol–water partition coefficient (Wildman–Crippen LogP) is 5.45. The molecule has 0 spiro atoms. The number of aromatic nitrogens is 1. The second kappa shape index (κ2) is 9.15. The van der Waals surface area contributed by atoms with E-state index < -0.39 is 47.7 Å². The fourth-order valence-corrected chi connectivity index (χ4v) is 3.65. The Morgan fingerprint density at radius 3 is 2.19 bits per heavy atom. The number of nitrogens with one attached hydrogen (secondary N) is 1. The van der Waals surface area contributed by atoms with Gasteiger partial charge in [0.15, 0.2) is 6.61 Å². The maximum absolute atomic E-state index is 12.9. The lowest BCUT2D eigenvalue weighted by Gasteiger charge is -2.14. The number of fused-ring (bicyclic) bond motifs is 1. The van der Waals surface area contributed by atoms with Gasteiger partial charge in [0, 0.05) is 12.1 Å². The Kier molecular flexibility index (Phi) is 6.72. The molecule has 170 valence electrons. The predicted molar refractivity (Wildman–Crippen MR) is 104 cm³/mol. The molecule has 0 saturated carbocycles. The number of esters is 1. The molecule has 0 fully saturated rings. The zero-order valence-corrected chi connectivity index (χ0v) is 16.8. The van der Waals surface area contributed by atoms with Crippen molar-refractivity contribution in [1.82, 2.24) is 4.98 Å². The molecule has 2 aromatic carbocycles. The minimum Gasteiger partial charge on any atom is -0.456 e. The van der Waals surface area contributed by atoms with Gasteiger partial charge in [-0.05, 0) is 30.3 Å². The summed E-state index contributed by atoms with van der Waals surface area (Å²) >= 11 is 1.39. The molecule has 3 aromatic rings. The lowest BCUT2D eigenvalue weighted by molar-refractivity contribution is -0.147. The van der Waals surface area contributed by atoms with E-state index in [0.29, 0.717) is 17.1 Å². The van der Waals surface area contributed by atoms with Gasteiger partial charge in [-0.15, -0.1) is 11.3 Å². The van der Waals surface area contributed by atoms with E-state index in [2.05, 4.69) is 4.98 Å². The minimum absolute atomic E-state index is 0.0578. The standard InChI is InChI=1S/C20H14F6N2O3S/c21-19(22,23)11-7-12(20(24,25)26)9-13(8-11)27-16(29)10-31-18(30)6-5-17-28-14-3-1-2-4-15(14)32-17/h1-4,7-9H,5-6,10H2,(H,27,29). The van der Waals surface area contributed by atoms with E-state index in [1.54, 1.807) is 0 Å². The summed E-state index contributed by atoms with van der Waals surface area (Å²) in [4.78, 5) is 28.0. The number of rotatable bonds is 6. The number of hydrogen-bond donors (Lipinski definition) is 1. The Balaban J connectivity index is 1.56. The van der Waals surface area contributed by atoms with E-state index in [-0.39, 0.29) is 18.9 Å². The van der Waals surface area contributed by atoms with Crippen LogP contribution in [0.5, 0.6) is 0 Å². The number of thiazole rings is 1. The van der Waals surface area contributed by atoms with Crippen LogP contribution >= 0.6 is 11.3 Å². The van der Waals surface area contributed by atoms with Crippen LogP contribution in [0, 0.1) is 0 Å². The Labute approximate surface area is 181 Å². The number of alkyl halides is 6. The first-order valence-corrected chi connectivity index (χ1v) is 9.83. The average molecular weight is 476 g/mol. The van der Waals surface area contributed by atoms with Crippen molar-refractivity contribution in [3.8, 4) is 0 Å². The van der Waals surface area contributed by atoms with Crippen LogP contribution in [-0.2, 0) is 33.1 Å². The molecule has 1 amide bonds. The fourth-order valence-electron chi connectivity index (χ4n) is 2.68. The van der Waals surface area contributed by atoms with Crippen molar-refractivity contribution < 1.29 is 40.7 Å². The maximum Gasteiger partial charge on any atom is 0.416 e. The summed E-state index contributed by atoms with van der Waals surface area (Å²) in [6.07, 6.45) is -9.95. The number of carbonyl (C=O) groups excluding carboxylic acids is 2. The minimum atomic E-state index is -5.05. The number of amides is 1. The number of para-hydroxylation sites is 1. The van der Waals surface area contributed by atoms with E-state index in [0.717, 1.165) is 10.2 Å². The van der Waals surface area contributed by atoms with Crippen LogP contribution in [0.2, 0.25) is 0 Å². The summed E-state index contributed by atoms with van der Waals surface area (Å²) in [5.74, 6) is -1.84. The molecule has 0 bridgehead atoms. The zero-order chi connectivity index (χ0) is 23.5. The van der Waals surface area contributed by atoms with Crippen LogP contribution in [0.1, 0.15) is 22.6 Å². The zero-order valence-electron chi connectivity index (χ0n) is 16.0. The first-order valence-electron chi connectivity index (χ1n) is 9.01. The van der Waals surface area contributed by atoms with Crippen molar-refractivity contribution in [3.63, 3.8) is 0 Å². The van der Waals surface area contributed by atoms with Crippen LogP contribution in [0.3, 0.4) is 0 Å². The van der Waals surface area contributed by atoms with Crippen LogP contribution < -0.4 is 5.32 Å². The molecule has 12 heteroatoms. The molecule has 1 N–H and O–H groups in total. The van der Waals surface area contributed by atoms with E-state index in [4.69, 9.17) is 4.74 Å². The smallest absolute Gasteiger partial charge is 0.416 e. The van der Waals surface area contributed by atoms with Gasteiger partial charge in [-0.2, -0.15) is 26.3 Å². The Hall–Kier alpha value is -3.15. The number of hydrogen-bond acceptors (Lipinski definition) is 5. The lowest BCUT2D eigenvalue weighted by atomic mass is 10.1. The lowest BCUT2D eigenvalue weighted by Crippen LogP contribution is -2.22. The fraction of sp³-hybridized carbons (Fsp3) is 0.250. The molecule has 0 aliphatic rings. The van der Waals surface area contributed by atoms with Gasteiger partial charge in [-0.1, -0.05) is 12.1 Å². The van der Waals surface area contributed by atoms with Crippen molar-refractivity contribution in [2.45, 2.75) is 25.2 Å². The first kappa shape index (κ1) is 23.5. The first-order chi connectivity index (χ1) is 14.9. The van der Waals surface area contributed by atoms with Gasteiger partial charge >= 0.3 is 18.3 Å². The van der Waals surface area contributed by atoms with Gasteiger partial charge in [-0.3, -0.25) is 9.59 Å². The molecule has 1 aromatic heterocycles. The number of carbonyl (C=O) groups is 2. The second-order valence-electron chi connectivity index (χ2n) is 6.58. The number of benzene rings is 2. The van der Waals surface area contributed by atoms with Crippen molar-refractivity contribution in [2.24, 2.45) is 0 Å². The normalized spacial score (nSPS) is 12.1. The number of anilines is 1. The topological polar surface area (TPSA) is 68.3 Å². The summed E-state index contributed by atoms with van der Waals surface area (Å²) in [7, 11) is 0. The van der Waals surface area contributed by atoms with E-state index in [1.165, 1.54) is 11.3 Å². The van der Waals surface area contributed by atoms with Crippen LogP contribution in [0.4, 0.5) is 32.0 Å². The van der Waals surface area contributed by atoms with Crippen molar-refractivity contribution >= 4 is 39.1 Å². The molecule has 0 aliphatic carbocycles. The van der Waals surface area contributed by atoms with Gasteiger partial charge in [0.05, 0.1) is 32.8 Å². The average Bonchev–Trinajstić information content (AvgIpc) is 3.12. The molecule has 5 nitrogen and oxygen atoms in total. The third kappa shape index (κ3) is 6.19. The number of aryl methyl sites for hydroxylation is 1. The van der Waals surface area contributed by atoms with E-state index >= 15 is 0 Å². The molecule has 0 aliphatic heterocycles. The highest BCUT2D eigenvalue weighted by Gasteiger charge is 2.37. The number of nitrogens with zero attached hydrogens (tertiary/aromatic N) is 1. The summed E-state index contributed by atoms with van der Waals surface area (Å²) in [6, 6.07) is 8.02. The molecule has 3 rings (SSSR count). The summed E-state index contributed by atoms with van der Waals surface area (Å²) in [5, 5.41) is 2.56. The monoisotopic (exact) mass is 476 g/mol. The highest BCUT2D eigenvalue weighted by molar-refractivity contribution is 7.18. The molecular formula is C20H14F6N2O3S. The molecule has 0 saturated heterocycles. The largest absolute Gasteiger partial charge is 0.456 e. The third-order valence-corrected chi connectivity index (χ3v) is 5.21. The van der Waals surface area contributed by atoms with Gasteiger partial charge in [0.1, 0.15) is 0 Å².